The number of aldehydes is 1. The smallest absolute Gasteiger partial charge is 0.298 e. The third kappa shape index (κ3) is 2.93. The molecule has 0 amide bonds. The van der Waals surface area contributed by atoms with E-state index < -0.39 is 0 Å². The van der Waals surface area contributed by atoms with Gasteiger partial charge in [0.05, 0.1) is 12.1 Å². The van der Waals surface area contributed by atoms with Crippen molar-refractivity contribution in [1.29, 1.82) is 0 Å². The minimum absolute atomic E-state index is 0.431. The topological polar surface area (TPSA) is 55.6 Å². The number of hydrogen-bond donors (Lipinski definition) is 0. The molecule has 0 N–H and O–H groups in total. The van der Waals surface area contributed by atoms with Crippen LogP contribution in [0.25, 0.3) is 11.1 Å². The van der Waals surface area contributed by atoms with E-state index in [2.05, 4.69) is 4.98 Å². The van der Waals surface area contributed by atoms with E-state index in [1.54, 1.807) is 18.2 Å². The minimum Gasteiger partial charge on any atom is -0.491 e. The third-order valence-electron chi connectivity index (χ3n) is 3.34. The first-order valence-corrected chi connectivity index (χ1v) is 7.01. The van der Waals surface area contributed by atoms with E-state index in [4.69, 9.17) is 9.15 Å². The van der Waals surface area contributed by atoms with Crippen LogP contribution in [0.15, 0.2) is 52.9 Å². The number of hydrogen-bond acceptors (Lipinski definition) is 5. The number of carbonyl (C=O) groups is 1. The molecular weight excluding hydrogens is 280 g/mol. The highest BCUT2D eigenvalue weighted by Gasteiger charge is 2.10. The molecule has 22 heavy (non-hydrogen) atoms. The Hall–Kier alpha value is -2.82. The van der Waals surface area contributed by atoms with E-state index >= 15 is 0 Å². The van der Waals surface area contributed by atoms with Crippen LogP contribution < -0.4 is 9.64 Å². The maximum absolute atomic E-state index is 10.9. The van der Waals surface area contributed by atoms with Crippen LogP contribution in [0.4, 0.5) is 6.01 Å². The van der Waals surface area contributed by atoms with Gasteiger partial charge < -0.3 is 14.1 Å². The number of para-hydroxylation sites is 3. The molecule has 0 saturated carbocycles. The number of oxazole rings is 1. The number of fused-ring (bicyclic) bond motifs is 1. The average Bonchev–Trinajstić information content (AvgIpc) is 2.99. The Labute approximate surface area is 128 Å². The van der Waals surface area contributed by atoms with Gasteiger partial charge in [0, 0.05) is 7.05 Å². The molecule has 0 fully saturated rings. The van der Waals surface area contributed by atoms with Crippen molar-refractivity contribution < 1.29 is 13.9 Å². The monoisotopic (exact) mass is 296 g/mol. The number of anilines is 1. The van der Waals surface area contributed by atoms with Gasteiger partial charge in [0.15, 0.2) is 11.9 Å². The number of aromatic nitrogens is 1. The molecule has 3 aromatic rings. The van der Waals surface area contributed by atoms with E-state index in [9.17, 15) is 4.79 Å². The van der Waals surface area contributed by atoms with Gasteiger partial charge in [0.1, 0.15) is 17.9 Å². The van der Waals surface area contributed by atoms with E-state index in [1.807, 2.05) is 42.3 Å². The molecule has 0 aliphatic heterocycles. The Bertz CT molecular complexity index is 749. The molecule has 5 nitrogen and oxygen atoms in total. The summed E-state index contributed by atoms with van der Waals surface area (Å²) in [6, 6.07) is 15.3. The van der Waals surface area contributed by atoms with Crippen molar-refractivity contribution >= 4 is 23.4 Å². The highest BCUT2D eigenvalue weighted by molar-refractivity contribution is 5.79. The van der Waals surface area contributed by atoms with E-state index in [1.165, 1.54) is 0 Å². The second-order valence-corrected chi connectivity index (χ2v) is 4.89. The molecule has 0 spiro atoms. The van der Waals surface area contributed by atoms with Crippen molar-refractivity contribution in [3.8, 4) is 5.75 Å². The molecule has 5 heteroatoms. The van der Waals surface area contributed by atoms with Crippen molar-refractivity contribution in [1.82, 2.24) is 4.98 Å². The van der Waals surface area contributed by atoms with Crippen LogP contribution in [-0.4, -0.2) is 31.5 Å². The Morgan fingerprint density at radius 2 is 1.95 bits per heavy atom. The van der Waals surface area contributed by atoms with Crippen molar-refractivity contribution in [3.05, 3.63) is 54.1 Å². The van der Waals surface area contributed by atoms with E-state index in [0.29, 0.717) is 30.5 Å². The Morgan fingerprint density at radius 1 is 1.18 bits per heavy atom. The SMILES string of the molecule is CN(CCOc1ccccc1C=O)c1nc2ccccc2o1. The fourth-order valence-electron chi connectivity index (χ4n) is 2.12. The van der Waals surface area contributed by atoms with Gasteiger partial charge in [-0.3, -0.25) is 4.79 Å². The summed E-state index contributed by atoms with van der Waals surface area (Å²) in [5, 5.41) is 0. The molecule has 0 aliphatic rings. The maximum atomic E-state index is 10.9. The Balaban J connectivity index is 1.62. The van der Waals surface area contributed by atoms with Crippen molar-refractivity contribution in [2.75, 3.05) is 25.1 Å². The predicted molar refractivity (Wildman–Crippen MR) is 84.6 cm³/mol. The standard InChI is InChI=1S/C17H16N2O3/c1-19(17-18-14-7-3-5-9-16(14)22-17)10-11-21-15-8-4-2-6-13(15)12-20/h2-9,12H,10-11H2,1H3. The van der Waals surface area contributed by atoms with Crippen molar-refractivity contribution in [3.63, 3.8) is 0 Å². The number of carbonyl (C=O) groups excluding carboxylic acids is 1. The van der Waals surface area contributed by atoms with Gasteiger partial charge in [0.25, 0.3) is 6.01 Å². The van der Waals surface area contributed by atoms with Gasteiger partial charge in [-0.2, -0.15) is 4.98 Å². The molecule has 0 aliphatic carbocycles. The fourth-order valence-corrected chi connectivity index (χ4v) is 2.12. The zero-order valence-corrected chi connectivity index (χ0v) is 12.2. The Kier molecular flexibility index (Phi) is 4.05. The summed E-state index contributed by atoms with van der Waals surface area (Å²) in [5.74, 6) is 0.587. The first-order valence-electron chi connectivity index (χ1n) is 7.01. The highest BCUT2D eigenvalue weighted by Crippen LogP contribution is 2.21. The summed E-state index contributed by atoms with van der Waals surface area (Å²) in [6.45, 7) is 1.03. The third-order valence-corrected chi connectivity index (χ3v) is 3.34. The minimum atomic E-state index is 0.431. The number of likely N-dealkylation sites (N-methyl/N-ethyl adjacent to an activating group) is 1. The highest BCUT2D eigenvalue weighted by atomic mass is 16.5. The largest absolute Gasteiger partial charge is 0.491 e. The van der Waals surface area contributed by atoms with Crippen LogP contribution in [0.5, 0.6) is 5.75 Å². The van der Waals surface area contributed by atoms with Crippen LogP contribution >= 0.6 is 0 Å². The lowest BCUT2D eigenvalue weighted by atomic mass is 10.2. The molecule has 1 heterocycles. The van der Waals surface area contributed by atoms with Gasteiger partial charge in [-0.25, -0.2) is 0 Å². The van der Waals surface area contributed by atoms with E-state index in [0.717, 1.165) is 17.4 Å². The van der Waals surface area contributed by atoms with Gasteiger partial charge in [-0.1, -0.05) is 24.3 Å². The molecule has 0 atom stereocenters. The molecule has 112 valence electrons. The van der Waals surface area contributed by atoms with Gasteiger partial charge in [0.2, 0.25) is 0 Å². The van der Waals surface area contributed by atoms with Crippen molar-refractivity contribution in [2.24, 2.45) is 0 Å². The summed E-state index contributed by atoms with van der Waals surface area (Å²) in [6.07, 6.45) is 0.792. The zero-order chi connectivity index (χ0) is 15.4. The predicted octanol–water partition coefficient (Wildman–Crippen LogP) is 3.16. The maximum Gasteiger partial charge on any atom is 0.298 e. The summed E-state index contributed by atoms with van der Waals surface area (Å²) in [7, 11) is 1.89. The zero-order valence-electron chi connectivity index (χ0n) is 12.2. The van der Waals surface area contributed by atoms with Crippen LogP contribution in [0.1, 0.15) is 10.4 Å². The molecule has 3 rings (SSSR count). The average molecular weight is 296 g/mol. The quantitative estimate of drug-likeness (QED) is 0.654. The van der Waals surface area contributed by atoms with Crippen LogP contribution in [0.3, 0.4) is 0 Å². The molecule has 0 saturated heterocycles. The normalized spacial score (nSPS) is 10.6. The lowest BCUT2D eigenvalue weighted by Crippen LogP contribution is -2.24. The van der Waals surface area contributed by atoms with Gasteiger partial charge in [-0.15, -0.1) is 0 Å². The van der Waals surface area contributed by atoms with Gasteiger partial charge >= 0.3 is 0 Å². The fraction of sp³-hybridized carbons (Fsp3) is 0.176. The summed E-state index contributed by atoms with van der Waals surface area (Å²) in [4.78, 5) is 17.2. The molecule has 0 radical (unpaired) electrons. The second kappa shape index (κ2) is 6.30. The van der Waals surface area contributed by atoms with Gasteiger partial charge in [-0.05, 0) is 24.3 Å². The second-order valence-electron chi connectivity index (χ2n) is 4.89. The van der Waals surface area contributed by atoms with Crippen LogP contribution in [0, 0.1) is 0 Å². The summed E-state index contributed by atoms with van der Waals surface area (Å²) >= 11 is 0. The molecule has 2 aromatic carbocycles. The Morgan fingerprint density at radius 3 is 2.77 bits per heavy atom. The molecule has 0 bridgehead atoms. The van der Waals surface area contributed by atoms with Crippen molar-refractivity contribution in [2.45, 2.75) is 0 Å². The number of ether oxygens (including phenoxy) is 1. The molecule has 1 aromatic heterocycles. The summed E-state index contributed by atoms with van der Waals surface area (Å²) in [5.41, 5.74) is 2.14. The van der Waals surface area contributed by atoms with Crippen LogP contribution in [-0.2, 0) is 0 Å². The number of nitrogens with zero attached hydrogens (tertiary/aromatic N) is 2. The number of rotatable bonds is 6. The lowest BCUT2D eigenvalue weighted by molar-refractivity contribution is 0.111. The number of benzene rings is 2. The molecular formula is C17H16N2O3. The first kappa shape index (κ1) is 14.1. The van der Waals surface area contributed by atoms with Crippen LogP contribution in [0.2, 0.25) is 0 Å². The van der Waals surface area contributed by atoms with E-state index in [-0.39, 0.29) is 0 Å². The summed E-state index contributed by atoms with van der Waals surface area (Å²) < 4.78 is 11.3. The lowest BCUT2D eigenvalue weighted by Gasteiger charge is -2.15. The molecule has 0 unspecified atom stereocenters. The first-order chi connectivity index (χ1) is 10.8.